The third kappa shape index (κ3) is 5.60. The number of rotatable bonds is 7. The molecule has 1 aliphatic heterocycles. The Morgan fingerprint density at radius 2 is 1.40 bits per heavy atom. The molecule has 2 aromatic rings. The van der Waals surface area contributed by atoms with Crippen molar-refractivity contribution < 1.29 is 9.59 Å². The predicted molar refractivity (Wildman–Crippen MR) is 119 cm³/mol. The van der Waals surface area contributed by atoms with Crippen molar-refractivity contribution in [2.75, 3.05) is 26.2 Å². The highest BCUT2D eigenvalue weighted by Crippen LogP contribution is 2.29. The topological polar surface area (TPSA) is 78.7 Å². The summed E-state index contributed by atoms with van der Waals surface area (Å²) in [5.74, 6) is 0.241. The van der Waals surface area contributed by atoms with E-state index in [0.717, 1.165) is 13.1 Å². The number of amides is 3. The van der Waals surface area contributed by atoms with E-state index in [4.69, 9.17) is 5.73 Å². The molecule has 0 aromatic heterocycles. The highest BCUT2D eigenvalue weighted by atomic mass is 16.2. The highest BCUT2D eigenvalue weighted by Gasteiger charge is 2.31. The molecule has 1 aliphatic rings. The lowest BCUT2D eigenvalue weighted by molar-refractivity contribution is -0.135. The van der Waals surface area contributed by atoms with Crippen molar-refractivity contribution >= 4 is 11.9 Å². The van der Waals surface area contributed by atoms with Crippen molar-refractivity contribution in [2.45, 2.75) is 32.4 Å². The molecule has 3 N–H and O–H groups in total. The van der Waals surface area contributed by atoms with Gasteiger partial charge in [0.25, 0.3) is 0 Å². The first kappa shape index (κ1) is 21.8. The molecule has 0 saturated carbocycles. The van der Waals surface area contributed by atoms with Crippen LogP contribution in [-0.2, 0) is 4.79 Å². The van der Waals surface area contributed by atoms with Crippen LogP contribution in [0.4, 0.5) is 4.79 Å². The number of carbonyl (C=O) groups is 2. The lowest BCUT2D eigenvalue weighted by Crippen LogP contribution is -2.56. The molecule has 30 heavy (non-hydrogen) atoms. The number of piperazine rings is 1. The molecule has 0 aliphatic carbocycles. The lowest BCUT2D eigenvalue weighted by atomic mass is 9.96. The zero-order chi connectivity index (χ0) is 21.5. The van der Waals surface area contributed by atoms with Gasteiger partial charge in [-0.1, -0.05) is 74.5 Å². The van der Waals surface area contributed by atoms with Gasteiger partial charge in [0, 0.05) is 26.2 Å². The van der Waals surface area contributed by atoms with Crippen molar-refractivity contribution in [3.05, 3.63) is 71.8 Å². The quantitative estimate of drug-likeness (QED) is 0.739. The number of hydrogen-bond donors (Lipinski definition) is 2. The molecule has 1 saturated heterocycles. The molecule has 0 radical (unpaired) electrons. The van der Waals surface area contributed by atoms with Gasteiger partial charge < -0.3 is 16.0 Å². The van der Waals surface area contributed by atoms with Gasteiger partial charge in [-0.05, 0) is 23.5 Å². The lowest BCUT2D eigenvalue weighted by Gasteiger charge is -2.40. The average Bonchev–Trinajstić information content (AvgIpc) is 2.74. The molecule has 2 aromatic carbocycles. The third-order valence-electron chi connectivity index (χ3n) is 5.54. The molecular formula is C24H32N4O2. The van der Waals surface area contributed by atoms with Gasteiger partial charge in [0.1, 0.15) is 6.04 Å². The van der Waals surface area contributed by atoms with Crippen molar-refractivity contribution in [3.8, 4) is 0 Å². The van der Waals surface area contributed by atoms with E-state index in [9.17, 15) is 9.59 Å². The normalized spacial score (nSPS) is 15.9. The molecule has 3 amide bonds. The Labute approximate surface area is 179 Å². The predicted octanol–water partition coefficient (Wildman–Crippen LogP) is 3.00. The van der Waals surface area contributed by atoms with Gasteiger partial charge in [-0.15, -0.1) is 0 Å². The Morgan fingerprint density at radius 3 is 1.83 bits per heavy atom. The van der Waals surface area contributed by atoms with E-state index >= 15 is 0 Å². The van der Waals surface area contributed by atoms with Crippen LogP contribution in [0.25, 0.3) is 0 Å². The number of hydrogen-bond acceptors (Lipinski definition) is 3. The molecule has 1 heterocycles. The van der Waals surface area contributed by atoms with Gasteiger partial charge >= 0.3 is 6.03 Å². The zero-order valence-corrected chi connectivity index (χ0v) is 17.8. The summed E-state index contributed by atoms with van der Waals surface area (Å²) in [6.07, 6.45) is 0.582. The Bertz CT molecular complexity index is 778. The summed E-state index contributed by atoms with van der Waals surface area (Å²) in [5, 5.41) is 2.63. The van der Waals surface area contributed by atoms with Gasteiger partial charge in [-0.2, -0.15) is 0 Å². The van der Waals surface area contributed by atoms with Crippen LogP contribution in [0.2, 0.25) is 0 Å². The van der Waals surface area contributed by atoms with Crippen molar-refractivity contribution in [1.82, 2.24) is 15.1 Å². The molecule has 3 rings (SSSR count). The van der Waals surface area contributed by atoms with Gasteiger partial charge in [0.05, 0.1) is 6.04 Å². The fraction of sp³-hybridized carbons (Fsp3) is 0.417. The first-order valence-corrected chi connectivity index (χ1v) is 10.6. The summed E-state index contributed by atoms with van der Waals surface area (Å²) in [6, 6.07) is 19.9. The summed E-state index contributed by atoms with van der Waals surface area (Å²) >= 11 is 0. The Hall–Kier alpha value is -2.86. The standard InChI is InChI=1S/C24H32N4O2/c1-18(2)17-21(26-24(25)30)23(29)28-15-13-27(14-16-28)22(19-9-5-3-6-10-19)20-11-7-4-8-12-20/h3-12,18,21-22H,13-17H2,1-2H3,(H3,25,26,30)/t21-/m0/s1. The molecule has 1 fully saturated rings. The Balaban J connectivity index is 1.72. The van der Waals surface area contributed by atoms with Gasteiger partial charge in [0.15, 0.2) is 0 Å². The van der Waals surface area contributed by atoms with Crippen LogP contribution in [0.3, 0.4) is 0 Å². The zero-order valence-electron chi connectivity index (χ0n) is 17.8. The van der Waals surface area contributed by atoms with E-state index in [1.165, 1.54) is 11.1 Å². The second-order valence-corrected chi connectivity index (χ2v) is 8.28. The maximum Gasteiger partial charge on any atom is 0.312 e. The largest absolute Gasteiger partial charge is 0.352 e. The molecule has 1 atom stereocenters. The second-order valence-electron chi connectivity index (χ2n) is 8.28. The van der Waals surface area contributed by atoms with E-state index in [1.54, 1.807) is 0 Å². The minimum absolute atomic E-state index is 0.0434. The number of benzene rings is 2. The summed E-state index contributed by atoms with van der Waals surface area (Å²) < 4.78 is 0. The van der Waals surface area contributed by atoms with E-state index < -0.39 is 12.1 Å². The Morgan fingerprint density at radius 1 is 0.900 bits per heavy atom. The second kappa shape index (κ2) is 10.3. The highest BCUT2D eigenvalue weighted by molar-refractivity contribution is 5.86. The fourth-order valence-corrected chi connectivity index (χ4v) is 4.17. The van der Waals surface area contributed by atoms with Gasteiger partial charge in [-0.3, -0.25) is 9.69 Å². The molecule has 0 bridgehead atoms. The Kier molecular flexibility index (Phi) is 7.46. The molecule has 160 valence electrons. The molecule has 0 spiro atoms. The summed E-state index contributed by atoms with van der Waals surface area (Å²) in [4.78, 5) is 28.7. The van der Waals surface area contributed by atoms with Crippen LogP contribution in [0.15, 0.2) is 60.7 Å². The van der Waals surface area contributed by atoms with Crippen LogP contribution in [-0.4, -0.2) is 54.0 Å². The van der Waals surface area contributed by atoms with E-state index in [0.29, 0.717) is 19.5 Å². The van der Waals surface area contributed by atoms with Crippen LogP contribution in [0.5, 0.6) is 0 Å². The van der Waals surface area contributed by atoms with Crippen LogP contribution < -0.4 is 11.1 Å². The number of nitrogens with two attached hydrogens (primary N) is 1. The van der Waals surface area contributed by atoms with E-state index in [-0.39, 0.29) is 17.9 Å². The van der Waals surface area contributed by atoms with E-state index in [2.05, 4.69) is 58.7 Å². The number of carbonyl (C=O) groups excluding carboxylic acids is 2. The maximum absolute atomic E-state index is 13.0. The van der Waals surface area contributed by atoms with E-state index in [1.807, 2.05) is 30.9 Å². The van der Waals surface area contributed by atoms with Gasteiger partial charge in [0.2, 0.25) is 5.91 Å². The first-order chi connectivity index (χ1) is 14.5. The van der Waals surface area contributed by atoms with Crippen LogP contribution in [0.1, 0.15) is 37.4 Å². The minimum Gasteiger partial charge on any atom is -0.352 e. The van der Waals surface area contributed by atoms with Crippen molar-refractivity contribution in [2.24, 2.45) is 11.7 Å². The van der Waals surface area contributed by atoms with Crippen molar-refractivity contribution in [3.63, 3.8) is 0 Å². The molecular weight excluding hydrogens is 376 g/mol. The summed E-state index contributed by atoms with van der Waals surface area (Å²) in [6.45, 7) is 6.86. The van der Waals surface area contributed by atoms with Crippen molar-refractivity contribution in [1.29, 1.82) is 0 Å². The molecule has 6 heteroatoms. The number of nitrogens with one attached hydrogen (secondary N) is 1. The minimum atomic E-state index is -0.652. The first-order valence-electron chi connectivity index (χ1n) is 10.6. The van der Waals surface area contributed by atoms with Crippen LogP contribution in [0, 0.1) is 5.92 Å². The number of nitrogens with zero attached hydrogens (tertiary/aromatic N) is 2. The van der Waals surface area contributed by atoms with Gasteiger partial charge in [-0.25, -0.2) is 4.79 Å². The fourth-order valence-electron chi connectivity index (χ4n) is 4.17. The SMILES string of the molecule is CC(C)C[C@H](NC(N)=O)C(=O)N1CCN(C(c2ccccc2)c2ccccc2)CC1. The third-order valence-corrected chi connectivity index (χ3v) is 5.54. The number of urea groups is 1. The molecule has 0 unspecified atom stereocenters. The average molecular weight is 409 g/mol. The maximum atomic E-state index is 13.0. The summed E-state index contributed by atoms with van der Waals surface area (Å²) in [7, 11) is 0. The molecule has 6 nitrogen and oxygen atoms in total. The van der Waals surface area contributed by atoms with Crippen LogP contribution >= 0.6 is 0 Å². The monoisotopic (exact) mass is 408 g/mol. The summed E-state index contributed by atoms with van der Waals surface area (Å²) in [5.41, 5.74) is 7.79. The number of primary amides is 1. The smallest absolute Gasteiger partial charge is 0.312 e.